The molecular formula is C23H47N3. The molecule has 1 rings (SSSR count). The van der Waals surface area contributed by atoms with Gasteiger partial charge in [0.15, 0.2) is 0 Å². The lowest BCUT2D eigenvalue weighted by Crippen LogP contribution is -2.37. The van der Waals surface area contributed by atoms with Crippen LogP contribution in [0.1, 0.15) is 122 Å². The molecule has 1 aliphatic rings. The van der Waals surface area contributed by atoms with Crippen LogP contribution in [0, 0.1) is 0 Å². The monoisotopic (exact) mass is 365 g/mol. The molecule has 3 heteroatoms. The highest BCUT2D eigenvalue weighted by Crippen LogP contribution is 2.14. The van der Waals surface area contributed by atoms with Crippen molar-refractivity contribution in [2.24, 2.45) is 10.7 Å². The Labute approximate surface area is 164 Å². The summed E-state index contributed by atoms with van der Waals surface area (Å²) >= 11 is 0. The van der Waals surface area contributed by atoms with Gasteiger partial charge >= 0.3 is 0 Å². The molecule has 0 bridgehead atoms. The lowest BCUT2D eigenvalue weighted by atomic mass is 10.0. The van der Waals surface area contributed by atoms with Gasteiger partial charge in [0.05, 0.1) is 12.6 Å². The fourth-order valence-corrected chi connectivity index (χ4v) is 3.89. The van der Waals surface area contributed by atoms with E-state index in [1.807, 2.05) is 0 Å². The largest absolute Gasteiger partial charge is 0.371 e. The van der Waals surface area contributed by atoms with Crippen molar-refractivity contribution in [3.63, 3.8) is 0 Å². The third kappa shape index (κ3) is 13.6. The Morgan fingerprint density at radius 2 is 1.15 bits per heavy atom. The van der Waals surface area contributed by atoms with Crippen LogP contribution in [-0.2, 0) is 0 Å². The Bertz CT molecular complexity index is 327. The molecule has 1 atom stereocenters. The van der Waals surface area contributed by atoms with Gasteiger partial charge in [0.25, 0.3) is 0 Å². The van der Waals surface area contributed by atoms with Crippen molar-refractivity contribution in [2.75, 3.05) is 13.1 Å². The summed E-state index contributed by atoms with van der Waals surface area (Å²) in [5.74, 6) is 1.04. The van der Waals surface area contributed by atoms with Gasteiger partial charge in [-0.05, 0) is 6.42 Å². The van der Waals surface area contributed by atoms with Gasteiger partial charge in [-0.25, -0.2) is 0 Å². The summed E-state index contributed by atoms with van der Waals surface area (Å²) in [4.78, 5) is 4.41. The summed E-state index contributed by atoms with van der Waals surface area (Å²) < 4.78 is 0. The van der Waals surface area contributed by atoms with Crippen LogP contribution < -0.4 is 11.1 Å². The Morgan fingerprint density at radius 1 is 0.731 bits per heavy atom. The van der Waals surface area contributed by atoms with Gasteiger partial charge in [0.1, 0.15) is 5.84 Å². The molecule has 154 valence electrons. The molecule has 3 N–H and O–H groups in total. The zero-order chi connectivity index (χ0) is 18.7. The number of amidine groups is 1. The van der Waals surface area contributed by atoms with E-state index < -0.39 is 0 Å². The van der Waals surface area contributed by atoms with E-state index in [1.165, 1.54) is 109 Å². The highest BCUT2D eigenvalue weighted by atomic mass is 15.1. The lowest BCUT2D eigenvalue weighted by Gasteiger charge is -2.11. The highest BCUT2D eigenvalue weighted by molar-refractivity contribution is 5.88. The standard InChI is InChI=1S/C23H47N3/c1-2-3-4-5-6-7-8-9-10-11-12-13-14-15-16-17-18-19-22(24)23-25-20-21-26-23/h22H,2-21,24H2,1H3,(H,25,26). The maximum atomic E-state index is 6.15. The van der Waals surface area contributed by atoms with Crippen LogP contribution in [0.5, 0.6) is 0 Å². The summed E-state index contributed by atoms with van der Waals surface area (Å²) in [5.41, 5.74) is 6.15. The van der Waals surface area contributed by atoms with E-state index in [0.29, 0.717) is 0 Å². The number of hydrogen-bond donors (Lipinski definition) is 2. The Kier molecular flexibility index (Phi) is 16.1. The third-order valence-corrected chi connectivity index (χ3v) is 5.67. The van der Waals surface area contributed by atoms with Crippen molar-refractivity contribution < 1.29 is 0 Å². The molecule has 0 saturated heterocycles. The van der Waals surface area contributed by atoms with E-state index in [-0.39, 0.29) is 6.04 Å². The number of aliphatic imine (C=N–C) groups is 1. The molecule has 0 aliphatic carbocycles. The number of nitrogens with zero attached hydrogens (tertiary/aromatic N) is 1. The highest BCUT2D eigenvalue weighted by Gasteiger charge is 2.13. The first-order chi connectivity index (χ1) is 12.8. The van der Waals surface area contributed by atoms with Crippen molar-refractivity contribution in [2.45, 2.75) is 129 Å². The summed E-state index contributed by atoms with van der Waals surface area (Å²) in [6, 6.07) is 0.147. The van der Waals surface area contributed by atoms with E-state index in [9.17, 15) is 0 Å². The van der Waals surface area contributed by atoms with Gasteiger partial charge < -0.3 is 11.1 Å². The first-order valence-corrected chi connectivity index (χ1v) is 11.9. The maximum absolute atomic E-state index is 6.15. The van der Waals surface area contributed by atoms with Crippen molar-refractivity contribution in [1.82, 2.24) is 5.32 Å². The molecule has 3 nitrogen and oxygen atoms in total. The molecule has 0 aromatic rings. The van der Waals surface area contributed by atoms with E-state index in [0.717, 1.165) is 25.3 Å². The van der Waals surface area contributed by atoms with Crippen molar-refractivity contribution in [1.29, 1.82) is 0 Å². The van der Waals surface area contributed by atoms with Gasteiger partial charge in [0.2, 0.25) is 0 Å². The van der Waals surface area contributed by atoms with E-state index in [2.05, 4.69) is 17.2 Å². The molecule has 0 aromatic carbocycles. The number of rotatable bonds is 19. The van der Waals surface area contributed by atoms with E-state index >= 15 is 0 Å². The maximum Gasteiger partial charge on any atom is 0.113 e. The minimum absolute atomic E-state index is 0.147. The fourth-order valence-electron chi connectivity index (χ4n) is 3.89. The van der Waals surface area contributed by atoms with Crippen LogP contribution in [0.3, 0.4) is 0 Å². The molecule has 0 amide bonds. The molecule has 0 aromatic heterocycles. The second-order valence-electron chi connectivity index (χ2n) is 8.25. The van der Waals surface area contributed by atoms with Crippen molar-refractivity contribution >= 4 is 5.84 Å². The molecule has 0 fully saturated rings. The summed E-state index contributed by atoms with van der Waals surface area (Å²) in [7, 11) is 0. The van der Waals surface area contributed by atoms with Crippen LogP contribution in [0.25, 0.3) is 0 Å². The molecule has 0 saturated carbocycles. The molecule has 0 spiro atoms. The molecular weight excluding hydrogens is 318 g/mol. The van der Waals surface area contributed by atoms with Crippen molar-refractivity contribution in [3.05, 3.63) is 0 Å². The average molecular weight is 366 g/mol. The van der Waals surface area contributed by atoms with Gasteiger partial charge in [-0.2, -0.15) is 0 Å². The van der Waals surface area contributed by atoms with Crippen molar-refractivity contribution in [3.8, 4) is 0 Å². The van der Waals surface area contributed by atoms with Gasteiger partial charge in [-0.15, -0.1) is 0 Å². The van der Waals surface area contributed by atoms with Crippen LogP contribution >= 0.6 is 0 Å². The number of unbranched alkanes of at least 4 members (excludes halogenated alkanes) is 16. The summed E-state index contributed by atoms with van der Waals surface area (Å²) in [6.07, 6.45) is 25.3. The Balaban J connectivity index is 1.69. The number of nitrogens with two attached hydrogens (primary N) is 1. The molecule has 0 radical (unpaired) electrons. The first-order valence-electron chi connectivity index (χ1n) is 11.9. The summed E-state index contributed by atoms with van der Waals surface area (Å²) in [6.45, 7) is 4.17. The Hall–Kier alpha value is -0.570. The van der Waals surface area contributed by atoms with Gasteiger partial charge in [-0.1, -0.05) is 116 Å². The Morgan fingerprint density at radius 3 is 1.54 bits per heavy atom. The predicted octanol–water partition coefficient (Wildman–Crippen LogP) is 6.36. The van der Waals surface area contributed by atoms with Crippen LogP contribution in [-0.4, -0.2) is 25.0 Å². The quantitative estimate of drug-likeness (QED) is 0.262. The van der Waals surface area contributed by atoms with Gasteiger partial charge in [0, 0.05) is 6.54 Å². The fraction of sp³-hybridized carbons (Fsp3) is 0.957. The second kappa shape index (κ2) is 17.8. The molecule has 1 heterocycles. The number of nitrogens with one attached hydrogen (secondary N) is 1. The minimum Gasteiger partial charge on any atom is -0.371 e. The zero-order valence-electron chi connectivity index (χ0n) is 17.7. The molecule has 1 aliphatic heterocycles. The minimum atomic E-state index is 0.147. The summed E-state index contributed by atoms with van der Waals surface area (Å²) in [5, 5.41) is 3.29. The van der Waals surface area contributed by atoms with Crippen LogP contribution in [0.2, 0.25) is 0 Å². The van der Waals surface area contributed by atoms with Crippen LogP contribution in [0.15, 0.2) is 4.99 Å². The molecule has 26 heavy (non-hydrogen) atoms. The smallest absolute Gasteiger partial charge is 0.113 e. The van der Waals surface area contributed by atoms with E-state index in [1.54, 1.807) is 0 Å². The van der Waals surface area contributed by atoms with E-state index in [4.69, 9.17) is 5.73 Å². The van der Waals surface area contributed by atoms with Crippen LogP contribution in [0.4, 0.5) is 0 Å². The normalized spacial score (nSPS) is 15.1. The zero-order valence-corrected chi connectivity index (χ0v) is 17.7. The first kappa shape index (κ1) is 23.5. The molecule has 1 unspecified atom stereocenters. The SMILES string of the molecule is CCCCCCCCCCCCCCCCCCCC(N)C1=NCCN1. The number of hydrogen-bond acceptors (Lipinski definition) is 3. The average Bonchev–Trinajstić information content (AvgIpc) is 3.19. The van der Waals surface area contributed by atoms with Gasteiger partial charge in [-0.3, -0.25) is 4.99 Å². The third-order valence-electron chi connectivity index (χ3n) is 5.67. The topological polar surface area (TPSA) is 50.4 Å². The lowest BCUT2D eigenvalue weighted by molar-refractivity contribution is 0.523. The second-order valence-corrected chi connectivity index (χ2v) is 8.25. The predicted molar refractivity (Wildman–Crippen MR) is 117 cm³/mol.